The summed E-state index contributed by atoms with van der Waals surface area (Å²) in [7, 11) is 2.53. The molecule has 2 aromatic heterocycles. The van der Waals surface area contributed by atoms with Gasteiger partial charge in [-0.15, -0.1) is 23.1 Å². The van der Waals surface area contributed by atoms with E-state index in [-0.39, 0.29) is 34.4 Å². The van der Waals surface area contributed by atoms with Crippen LogP contribution in [0.3, 0.4) is 0 Å². The number of carbonyl (C=O) groups is 4. The first-order valence-corrected chi connectivity index (χ1v) is 14.5. The number of ether oxygens (including phenoxy) is 2. The minimum Gasteiger partial charge on any atom is -0.468 e. The Morgan fingerprint density at radius 1 is 1.13 bits per heavy atom. The summed E-state index contributed by atoms with van der Waals surface area (Å²) < 4.78 is 11.6. The zero-order chi connectivity index (χ0) is 28.1. The summed E-state index contributed by atoms with van der Waals surface area (Å²) in [5.41, 5.74) is 1.70. The molecule has 0 saturated carbocycles. The van der Waals surface area contributed by atoms with E-state index in [0.29, 0.717) is 20.8 Å². The van der Waals surface area contributed by atoms with Gasteiger partial charge in [-0.3, -0.25) is 24.5 Å². The number of aromatic nitrogens is 1. The minimum absolute atomic E-state index is 0.0504. The van der Waals surface area contributed by atoms with Crippen molar-refractivity contribution in [3.05, 3.63) is 49.1 Å². The maximum atomic E-state index is 12.6. The summed E-state index contributed by atoms with van der Waals surface area (Å²) >= 11 is 3.46. The third kappa shape index (κ3) is 6.54. The van der Waals surface area contributed by atoms with Crippen LogP contribution in [0.25, 0.3) is 10.2 Å². The van der Waals surface area contributed by atoms with Gasteiger partial charge in [0.1, 0.15) is 11.5 Å². The van der Waals surface area contributed by atoms with E-state index in [2.05, 4.69) is 10.3 Å². The Morgan fingerprint density at radius 3 is 2.62 bits per heavy atom. The number of carbonyl (C=O) groups excluding carboxylic acids is 4. The van der Waals surface area contributed by atoms with Gasteiger partial charge < -0.3 is 19.4 Å². The highest BCUT2D eigenvalue weighted by atomic mass is 32.2. The fourth-order valence-corrected chi connectivity index (χ4v) is 7.08. The standard InChI is InChI=1S/C24H24N4O8S3/c1-35-20(31)10-27-15-8-7-13(28(33)34)9-17(15)39-24(27)26-19(30)12-37-11-18(29)25-22-21(23(32)36-2)14-5-3-4-6-16(14)38-22/h7-9H,3-6,10-12H2,1-2H3,(H,25,29). The second-order valence-corrected chi connectivity index (χ2v) is 11.5. The molecule has 0 fully saturated rings. The van der Waals surface area contributed by atoms with Crippen molar-refractivity contribution in [2.24, 2.45) is 4.99 Å². The number of methoxy groups -OCH3 is 2. The summed E-state index contributed by atoms with van der Waals surface area (Å²) in [5.74, 6) is -2.15. The Balaban J connectivity index is 1.45. The smallest absolute Gasteiger partial charge is 0.341 e. The lowest BCUT2D eigenvalue weighted by Crippen LogP contribution is -2.23. The molecule has 0 saturated heterocycles. The van der Waals surface area contributed by atoms with Gasteiger partial charge in [-0.2, -0.15) is 4.99 Å². The molecule has 2 amide bonds. The predicted molar refractivity (Wildman–Crippen MR) is 147 cm³/mol. The number of aryl methyl sites for hydroxylation is 1. The Bertz CT molecular complexity index is 1540. The number of nitro benzene ring substituents is 1. The lowest BCUT2D eigenvalue weighted by atomic mass is 9.95. The summed E-state index contributed by atoms with van der Waals surface area (Å²) in [6, 6.07) is 4.14. The number of fused-ring (bicyclic) bond motifs is 2. The Labute approximate surface area is 234 Å². The molecule has 1 N–H and O–H groups in total. The highest BCUT2D eigenvalue weighted by Crippen LogP contribution is 2.38. The van der Waals surface area contributed by atoms with E-state index in [1.54, 1.807) is 0 Å². The van der Waals surface area contributed by atoms with Gasteiger partial charge in [0.25, 0.3) is 11.6 Å². The molecule has 4 rings (SSSR count). The molecule has 1 aliphatic rings. The molecule has 206 valence electrons. The van der Waals surface area contributed by atoms with Crippen LogP contribution < -0.4 is 10.1 Å². The van der Waals surface area contributed by atoms with Crippen LogP contribution >= 0.6 is 34.4 Å². The maximum absolute atomic E-state index is 12.6. The quantitative estimate of drug-likeness (QED) is 0.223. The number of benzene rings is 1. The molecule has 2 heterocycles. The average molecular weight is 593 g/mol. The monoisotopic (exact) mass is 592 g/mol. The van der Waals surface area contributed by atoms with Gasteiger partial charge in [-0.25, -0.2) is 4.79 Å². The number of anilines is 1. The van der Waals surface area contributed by atoms with E-state index in [0.717, 1.165) is 59.2 Å². The largest absolute Gasteiger partial charge is 0.468 e. The van der Waals surface area contributed by atoms with E-state index < -0.39 is 22.8 Å². The molecule has 39 heavy (non-hydrogen) atoms. The van der Waals surface area contributed by atoms with Crippen molar-refractivity contribution in [1.82, 2.24) is 4.57 Å². The number of nitro groups is 1. The maximum Gasteiger partial charge on any atom is 0.341 e. The number of non-ortho nitro benzene ring substituents is 1. The van der Waals surface area contributed by atoms with E-state index in [4.69, 9.17) is 9.47 Å². The minimum atomic E-state index is -0.574. The molecular weight excluding hydrogens is 568 g/mol. The van der Waals surface area contributed by atoms with E-state index in [9.17, 15) is 29.3 Å². The molecule has 1 aliphatic carbocycles. The van der Waals surface area contributed by atoms with Crippen molar-refractivity contribution in [1.29, 1.82) is 0 Å². The Morgan fingerprint density at radius 2 is 1.90 bits per heavy atom. The zero-order valence-corrected chi connectivity index (χ0v) is 23.5. The predicted octanol–water partition coefficient (Wildman–Crippen LogP) is 3.31. The fourth-order valence-electron chi connectivity index (χ4n) is 4.11. The number of hydrogen-bond donors (Lipinski definition) is 1. The SMILES string of the molecule is COC(=O)Cn1c(=NC(=O)CSCC(=O)Nc2sc3c(c2C(=O)OC)CCCC3)sc2cc([N+](=O)[O-])ccc21. The average Bonchev–Trinajstić information content (AvgIpc) is 3.44. The van der Waals surface area contributed by atoms with E-state index in [1.165, 1.54) is 48.3 Å². The van der Waals surface area contributed by atoms with Crippen LogP contribution in [0.15, 0.2) is 23.2 Å². The second kappa shape index (κ2) is 12.5. The van der Waals surface area contributed by atoms with Crippen LogP contribution in [0.4, 0.5) is 10.7 Å². The summed E-state index contributed by atoms with van der Waals surface area (Å²) in [4.78, 5) is 65.5. The number of thiophene rings is 1. The van der Waals surface area contributed by atoms with Gasteiger partial charge in [0.2, 0.25) is 5.91 Å². The molecule has 0 unspecified atom stereocenters. The number of nitrogens with zero attached hydrogens (tertiary/aromatic N) is 3. The first-order valence-electron chi connectivity index (χ1n) is 11.7. The molecule has 0 bridgehead atoms. The van der Waals surface area contributed by atoms with Crippen molar-refractivity contribution in [2.75, 3.05) is 31.0 Å². The lowest BCUT2D eigenvalue weighted by molar-refractivity contribution is -0.384. The summed E-state index contributed by atoms with van der Waals surface area (Å²) in [6.07, 6.45) is 3.61. The van der Waals surface area contributed by atoms with Gasteiger partial charge in [-0.05, 0) is 37.3 Å². The van der Waals surface area contributed by atoms with Crippen molar-refractivity contribution in [3.63, 3.8) is 0 Å². The Kier molecular flexibility index (Phi) is 9.14. The second-order valence-electron chi connectivity index (χ2n) is 8.41. The van der Waals surface area contributed by atoms with Gasteiger partial charge in [0.15, 0.2) is 4.80 Å². The molecule has 0 radical (unpaired) electrons. The zero-order valence-electron chi connectivity index (χ0n) is 21.0. The van der Waals surface area contributed by atoms with Crippen molar-refractivity contribution >= 4 is 79.1 Å². The van der Waals surface area contributed by atoms with Crippen LogP contribution in [0.5, 0.6) is 0 Å². The molecule has 3 aromatic rings. The molecule has 1 aromatic carbocycles. The number of rotatable bonds is 9. The highest BCUT2D eigenvalue weighted by molar-refractivity contribution is 8.00. The van der Waals surface area contributed by atoms with Crippen LogP contribution in [-0.2, 0) is 43.2 Å². The van der Waals surface area contributed by atoms with Gasteiger partial charge in [0.05, 0.1) is 46.4 Å². The topological polar surface area (TPSA) is 159 Å². The first kappa shape index (κ1) is 28.4. The normalized spacial score (nSPS) is 13.1. The fraction of sp³-hybridized carbons (Fsp3) is 0.375. The lowest BCUT2D eigenvalue weighted by Gasteiger charge is -2.11. The van der Waals surface area contributed by atoms with E-state index in [1.807, 2.05) is 0 Å². The third-order valence-electron chi connectivity index (χ3n) is 5.88. The van der Waals surface area contributed by atoms with Crippen LogP contribution in [0, 0.1) is 10.1 Å². The molecule has 0 aliphatic heterocycles. The number of thiazole rings is 1. The van der Waals surface area contributed by atoms with Crippen molar-refractivity contribution in [2.45, 2.75) is 32.2 Å². The highest BCUT2D eigenvalue weighted by Gasteiger charge is 2.27. The summed E-state index contributed by atoms with van der Waals surface area (Å²) in [6.45, 7) is -0.233. The van der Waals surface area contributed by atoms with Gasteiger partial charge in [0, 0.05) is 17.0 Å². The van der Waals surface area contributed by atoms with Crippen LogP contribution in [0.1, 0.15) is 33.6 Å². The van der Waals surface area contributed by atoms with Crippen LogP contribution in [-0.4, -0.2) is 59.0 Å². The molecule has 12 nitrogen and oxygen atoms in total. The molecular formula is C24H24N4O8S3. The number of esters is 2. The number of thioether (sulfide) groups is 1. The Hall–Kier alpha value is -3.56. The van der Waals surface area contributed by atoms with Crippen LogP contribution in [0.2, 0.25) is 0 Å². The van der Waals surface area contributed by atoms with Gasteiger partial charge in [-0.1, -0.05) is 11.3 Å². The number of amides is 2. The van der Waals surface area contributed by atoms with Crippen molar-refractivity contribution < 1.29 is 33.6 Å². The summed E-state index contributed by atoms with van der Waals surface area (Å²) in [5, 5.41) is 14.4. The van der Waals surface area contributed by atoms with E-state index >= 15 is 0 Å². The third-order valence-corrected chi connectivity index (χ3v) is 9.05. The van der Waals surface area contributed by atoms with Crippen molar-refractivity contribution in [3.8, 4) is 0 Å². The first-order chi connectivity index (χ1) is 18.7. The van der Waals surface area contributed by atoms with Gasteiger partial charge >= 0.3 is 11.9 Å². The number of hydrogen-bond acceptors (Lipinski definition) is 11. The molecule has 0 spiro atoms. The molecule has 0 atom stereocenters. The number of nitrogens with one attached hydrogen (secondary N) is 1. The molecule has 15 heteroatoms.